The normalized spacial score (nSPS) is 31.2. The maximum atomic E-state index is 12.7. The van der Waals surface area contributed by atoms with Gasteiger partial charge in [0.15, 0.2) is 0 Å². The van der Waals surface area contributed by atoms with Gasteiger partial charge in [-0.3, -0.25) is 15.6 Å². The van der Waals surface area contributed by atoms with Gasteiger partial charge in [0.2, 0.25) is 5.91 Å². The van der Waals surface area contributed by atoms with Gasteiger partial charge in [-0.2, -0.15) is 0 Å². The number of likely N-dealkylation sites (tertiary alicyclic amines) is 1. The molecule has 0 radical (unpaired) electrons. The fourth-order valence-electron chi connectivity index (χ4n) is 4.77. The van der Waals surface area contributed by atoms with Crippen molar-refractivity contribution in [3.63, 3.8) is 0 Å². The van der Waals surface area contributed by atoms with Crippen molar-refractivity contribution in [1.29, 1.82) is 0 Å². The molecule has 1 aliphatic carbocycles. The summed E-state index contributed by atoms with van der Waals surface area (Å²) in [4.78, 5) is 14.8. The molecule has 0 spiro atoms. The molecule has 2 aliphatic heterocycles. The number of fused-ring (bicyclic) bond motifs is 1. The summed E-state index contributed by atoms with van der Waals surface area (Å²) in [5.41, 5.74) is 8.02. The largest absolute Gasteiger partial charge is 0.376 e. The minimum Gasteiger partial charge on any atom is -0.376 e. The zero-order valence-electron chi connectivity index (χ0n) is 15.5. The number of nitrogens with one attached hydrogen (secondary N) is 2. The summed E-state index contributed by atoms with van der Waals surface area (Å²) in [6.07, 6.45) is 6.80. The Morgan fingerprint density at radius 2 is 1.96 bits per heavy atom. The van der Waals surface area contributed by atoms with Crippen LogP contribution < -0.4 is 10.9 Å². The number of ether oxygens (including phenoxy) is 1. The molecule has 2 saturated heterocycles. The van der Waals surface area contributed by atoms with E-state index in [1.807, 2.05) is 23.1 Å². The van der Waals surface area contributed by atoms with Gasteiger partial charge in [0.05, 0.1) is 13.2 Å². The fraction of sp³-hybridized carbons (Fsp3) is 0.667. The molecular formula is C21H31N3O2. The fourth-order valence-corrected chi connectivity index (χ4v) is 4.77. The van der Waals surface area contributed by atoms with Crippen LogP contribution in [0.1, 0.15) is 44.1 Å². The second-order valence-corrected chi connectivity index (χ2v) is 8.15. The third-order valence-corrected chi connectivity index (χ3v) is 6.29. The molecule has 4 rings (SSSR count). The lowest BCUT2D eigenvalue weighted by molar-refractivity contribution is -0.131. The van der Waals surface area contributed by atoms with Crippen molar-refractivity contribution in [3.8, 4) is 0 Å². The molecule has 142 valence electrons. The van der Waals surface area contributed by atoms with E-state index in [4.69, 9.17) is 4.74 Å². The highest BCUT2D eigenvalue weighted by molar-refractivity contribution is 5.77. The highest BCUT2D eigenvalue weighted by atomic mass is 16.5. The number of hydrogen-bond acceptors (Lipinski definition) is 4. The monoisotopic (exact) mass is 357 g/mol. The first kappa shape index (κ1) is 18.0. The Bertz CT molecular complexity index is 594. The molecule has 0 aromatic heterocycles. The van der Waals surface area contributed by atoms with Gasteiger partial charge >= 0.3 is 0 Å². The van der Waals surface area contributed by atoms with Crippen molar-refractivity contribution < 1.29 is 9.53 Å². The van der Waals surface area contributed by atoms with E-state index in [0.717, 1.165) is 26.1 Å². The molecule has 3 aliphatic rings. The maximum Gasteiger partial charge on any atom is 0.224 e. The molecule has 4 unspecified atom stereocenters. The molecule has 2 N–H and O–H groups in total. The zero-order valence-corrected chi connectivity index (χ0v) is 15.5. The topological polar surface area (TPSA) is 53.6 Å². The van der Waals surface area contributed by atoms with Crippen LogP contribution in [0.2, 0.25) is 0 Å². The van der Waals surface area contributed by atoms with Crippen molar-refractivity contribution in [2.24, 2.45) is 11.8 Å². The van der Waals surface area contributed by atoms with Gasteiger partial charge in [-0.25, -0.2) is 0 Å². The van der Waals surface area contributed by atoms with Gasteiger partial charge in [0.1, 0.15) is 0 Å². The van der Waals surface area contributed by atoms with Crippen molar-refractivity contribution in [2.45, 2.75) is 57.2 Å². The summed E-state index contributed by atoms with van der Waals surface area (Å²) >= 11 is 0. The van der Waals surface area contributed by atoms with Crippen LogP contribution in [0.15, 0.2) is 30.3 Å². The first-order valence-electron chi connectivity index (χ1n) is 10.2. The summed E-state index contributed by atoms with van der Waals surface area (Å²) in [5, 5.41) is 0. The molecule has 1 amide bonds. The van der Waals surface area contributed by atoms with Gasteiger partial charge in [-0.1, -0.05) is 43.2 Å². The number of hydrazine groups is 1. The zero-order chi connectivity index (χ0) is 17.8. The Kier molecular flexibility index (Phi) is 5.88. The van der Waals surface area contributed by atoms with Crippen LogP contribution in [-0.2, 0) is 16.1 Å². The molecule has 26 heavy (non-hydrogen) atoms. The minimum atomic E-state index is 0.307. The van der Waals surface area contributed by atoms with E-state index in [1.54, 1.807) is 0 Å². The van der Waals surface area contributed by atoms with Gasteiger partial charge in [0.25, 0.3) is 0 Å². The first-order valence-corrected chi connectivity index (χ1v) is 10.2. The van der Waals surface area contributed by atoms with Crippen LogP contribution >= 0.6 is 0 Å². The van der Waals surface area contributed by atoms with E-state index in [-0.39, 0.29) is 0 Å². The summed E-state index contributed by atoms with van der Waals surface area (Å²) in [5.74, 6) is 1.40. The van der Waals surface area contributed by atoms with Crippen LogP contribution in [0.25, 0.3) is 0 Å². The van der Waals surface area contributed by atoms with Crippen molar-refractivity contribution >= 4 is 5.91 Å². The Labute approximate surface area is 156 Å². The first-order chi connectivity index (χ1) is 12.8. The lowest BCUT2D eigenvalue weighted by Crippen LogP contribution is -2.38. The predicted molar refractivity (Wildman–Crippen MR) is 101 cm³/mol. The van der Waals surface area contributed by atoms with Crippen molar-refractivity contribution in [1.82, 2.24) is 15.8 Å². The maximum absolute atomic E-state index is 12.7. The van der Waals surface area contributed by atoms with Crippen LogP contribution in [0.3, 0.4) is 0 Å². The highest BCUT2D eigenvalue weighted by Crippen LogP contribution is 2.32. The van der Waals surface area contributed by atoms with Crippen molar-refractivity contribution in [2.75, 3.05) is 19.7 Å². The number of amides is 1. The smallest absolute Gasteiger partial charge is 0.224 e. The second-order valence-electron chi connectivity index (χ2n) is 8.15. The summed E-state index contributed by atoms with van der Waals surface area (Å²) in [7, 11) is 0. The Balaban J connectivity index is 1.19. The Morgan fingerprint density at radius 3 is 2.85 bits per heavy atom. The van der Waals surface area contributed by atoms with Gasteiger partial charge < -0.3 is 9.64 Å². The van der Waals surface area contributed by atoms with Gasteiger partial charge in [0, 0.05) is 37.5 Å². The summed E-state index contributed by atoms with van der Waals surface area (Å²) in [6.45, 7) is 3.13. The molecular weight excluding hydrogens is 326 g/mol. The summed E-state index contributed by atoms with van der Waals surface area (Å²) < 4.78 is 5.88. The van der Waals surface area contributed by atoms with Gasteiger partial charge in [-0.05, 0) is 30.7 Å². The molecule has 3 fully saturated rings. The molecule has 4 atom stereocenters. The molecule has 5 heteroatoms. The number of benzene rings is 1. The quantitative estimate of drug-likeness (QED) is 0.821. The third kappa shape index (κ3) is 4.27. The lowest BCUT2D eigenvalue weighted by atomic mass is 9.81. The number of carbonyl (C=O) groups excluding carboxylic acids is 1. The van der Waals surface area contributed by atoms with Crippen LogP contribution in [0.4, 0.5) is 0 Å². The van der Waals surface area contributed by atoms with E-state index < -0.39 is 0 Å². The average Bonchev–Trinajstić information content (AvgIpc) is 3.30. The van der Waals surface area contributed by atoms with Gasteiger partial charge in [-0.15, -0.1) is 0 Å². The third-order valence-electron chi connectivity index (χ3n) is 6.29. The SMILES string of the molecule is O=C(CC1NNC2CCCCC21)N1CCC(COCc2ccccc2)C1. The number of nitrogens with zero attached hydrogens (tertiary/aromatic N) is 1. The van der Waals surface area contributed by atoms with E-state index in [9.17, 15) is 4.79 Å². The number of rotatable bonds is 6. The van der Waals surface area contributed by atoms with E-state index in [2.05, 4.69) is 23.0 Å². The lowest BCUT2D eigenvalue weighted by Gasteiger charge is -2.28. The second kappa shape index (κ2) is 8.51. The number of hydrogen-bond donors (Lipinski definition) is 2. The van der Waals surface area contributed by atoms with Crippen molar-refractivity contribution in [3.05, 3.63) is 35.9 Å². The predicted octanol–water partition coefficient (Wildman–Crippen LogP) is 2.48. The molecule has 1 aromatic rings. The Hall–Kier alpha value is -1.43. The molecule has 5 nitrogen and oxygen atoms in total. The standard InChI is InChI=1S/C21H31N3O2/c25-21(12-20-18-8-4-5-9-19(18)22-23-20)24-11-10-17(13-24)15-26-14-16-6-2-1-3-7-16/h1-3,6-7,17-20,22-23H,4-5,8-15H2. The molecule has 1 aromatic carbocycles. The number of carbonyl (C=O) groups is 1. The minimum absolute atomic E-state index is 0.307. The van der Waals surface area contributed by atoms with E-state index in [0.29, 0.717) is 42.9 Å². The average molecular weight is 357 g/mol. The van der Waals surface area contributed by atoms with Crippen LogP contribution in [0.5, 0.6) is 0 Å². The van der Waals surface area contributed by atoms with E-state index >= 15 is 0 Å². The Morgan fingerprint density at radius 1 is 1.12 bits per heavy atom. The molecule has 1 saturated carbocycles. The van der Waals surface area contributed by atoms with Crippen LogP contribution in [0, 0.1) is 11.8 Å². The van der Waals surface area contributed by atoms with Crippen LogP contribution in [-0.4, -0.2) is 42.6 Å². The summed E-state index contributed by atoms with van der Waals surface area (Å²) in [6, 6.07) is 11.2. The van der Waals surface area contributed by atoms with E-state index in [1.165, 1.54) is 31.2 Å². The molecule has 2 heterocycles. The molecule has 0 bridgehead atoms. The highest BCUT2D eigenvalue weighted by Gasteiger charge is 2.39.